The van der Waals surface area contributed by atoms with E-state index in [0.717, 1.165) is 23.2 Å². The Balaban J connectivity index is 1.68. The predicted octanol–water partition coefficient (Wildman–Crippen LogP) is 4.01. The fraction of sp³-hybridized carbons (Fsp3) is 0.438. The smallest absolute Gasteiger partial charge is 0.164 e. The molecule has 2 heterocycles. The minimum Gasteiger partial charge on any atom is -0.314 e. The second-order valence-corrected chi connectivity index (χ2v) is 6.17. The molecule has 1 atom stereocenters. The summed E-state index contributed by atoms with van der Waals surface area (Å²) in [7, 11) is 0. The highest BCUT2D eigenvalue weighted by atomic mass is 32.1. The van der Waals surface area contributed by atoms with Crippen LogP contribution in [0.5, 0.6) is 0 Å². The van der Waals surface area contributed by atoms with Crippen LogP contribution in [0.25, 0.3) is 10.1 Å². The number of thiophene rings is 1. The molecule has 1 aliphatic heterocycles. The molecule has 1 aromatic heterocycles. The first kappa shape index (κ1) is 12.8. The Kier molecular flexibility index (Phi) is 3.95. The molecule has 0 bridgehead atoms. The van der Waals surface area contributed by atoms with E-state index in [2.05, 4.69) is 22.8 Å². The molecule has 1 N–H and O–H groups in total. The fourth-order valence-electron chi connectivity index (χ4n) is 2.82. The molecule has 0 radical (unpaired) electrons. The first-order valence-electron chi connectivity index (χ1n) is 7.07. The van der Waals surface area contributed by atoms with Crippen LogP contribution in [0.1, 0.15) is 42.5 Å². The third-order valence-corrected chi connectivity index (χ3v) is 4.88. The summed E-state index contributed by atoms with van der Waals surface area (Å²) in [5.41, 5.74) is 0.906. The number of fused-ring (bicyclic) bond motifs is 1. The van der Waals surface area contributed by atoms with E-state index in [1.165, 1.54) is 24.6 Å². The zero-order chi connectivity index (χ0) is 13.1. The zero-order valence-electron chi connectivity index (χ0n) is 11.0. The second-order valence-electron chi connectivity index (χ2n) is 5.25. The Labute approximate surface area is 117 Å². The number of carbonyl (C=O) groups is 1. The second kappa shape index (κ2) is 5.85. The van der Waals surface area contributed by atoms with Gasteiger partial charge in [-0.25, -0.2) is 0 Å². The van der Waals surface area contributed by atoms with Gasteiger partial charge < -0.3 is 5.32 Å². The molecule has 2 aromatic rings. The summed E-state index contributed by atoms with van der Waals surface area (Å²) >= 11 is 1.67. The Morgan fingerprint density at radius 2 is 2.26 bits per heavy atom. The van der Waals surface area contributed by atoms with E-state index in [1.807, 2.05) is 12.1 Å². The highest BCUT2D eigenvalue weighted by Crippen LogP contribution is 2.26. The predicted molar refractivity (Wildman–Crippen MR) is 81.0 cm³/mol. The van der Waals surface area contributed by atoms with Crippen molar-refractivity contribution in [1.82, 2.24) is 5.32 Å². The van der Waals surface area contributed by atoms with Crippen molar-refractivity contribution >= 4 is 27.2 Å². The molecule has 19 heavy (non-hydrogen) atoms. The van der Waals surface area contributed by atoms with Crippen LogP contribution in [0.15, 0.2) is 29.6 Å². The molecule has 1 aromatic carbocycles. The molecule has 1 unspecified atom stereocenters. The Morgan fingerprint density at radius 3 is 3.11 bits per heavy atom. The van der Waals surface area contributed by atoms with Crippen molar-refractivity contribution in [2.45, 2.75) is 38.1 Å². The van der Waals surface area contributed by atoms with Gasteiger partial charge in [0, 0.05) is 22.7 Å². The van der Waals surface area contributed by atoms with E-state index >= 15 is 0 Å². The van der Waals surface area contributed by atoms with Crippen LogP contribution in [0.4, 0.5) is 0 Å². The molecule has 1 aliphatic rings. The quantitative estimate of drug-likeness (QED) is 0.853. The lowest BCUT2D eigenvalue weighted by Crippen LogP contribution is -2.34. The van der Waals surface area contributed by atoms with Gasteiger partial charge in [0.15, 0.2) is 5.78 Å². The lowest BCUT2D eigenvalue weighted by atomic mass is 9.97. The maximum atomic E-state index is 12.4. The first-order valence-corrected chi connectivity index (χ1v) is 7.95. The fourth-order valence-corrected chi connectivity index (χ4v) is 3.75. The SMILES string of the molecule is O=C(CCC1CCCCN1)c1cccc2ccsc12. The summed E-state index contributed by atoms with van der Waals surface area (Å²) in [5, 5.41) is 6.75. The van der Waals surface area contributed by atoms with Gasteiger partial charge in [0.1, 0.15) is 0 Å². The Hall–Kier alpha value is -1.19. The molecule has 0 spiro atoms. The van der Waals surface area contributed by atoms with Crippen LogP contribution < -0.4 is 5.32 Å². The third-order valence-electron chi connectivity index (χ3n) is 3.91. The van der Waals surface area contributed by atoms with Crippen molar-refractivity contribution in [3.8, 4) is 0 Å². The number of Topliss-reactive ketones (excluding diaryl/α,β-unsaturated/α-hetero) is 1. The van der Waals surface area contributed by atoms with Crippen molar-refractivity contribution in [1.29, 1.82) is 0 Å². The summed E-state index contributed by atoms with van der Waals surface area (Å²) in [6.07, 6.45) is 5.43. The highest BCUT2D eigenvalue weighted by Gasteiger charge is 2.16. The van der Waals surface area contributed by atoms with E-state index in [0.29, 0.717) is 18.2 Å². The van der Waals surface area contributed by atoms with Crippen LogP contribution in [-0.2, 0) is 0 Å². The molecule has 1 saturated heterocycles. The van der Waals surface area contributed by atoms with Crippen molar-refractivity contribution in [2.75, 3.05) is 6.54 Å². The average molecular weight is 273 g/mol. The summed E-state index contributed by atoms with van der Waals surface area (Å²) in [4.78, 5) is 12.4. The summed E-state index contributed by atoms with van der Waals surface area (Å²) < 4.78 is 1.14. The molecule has 1 fully saturated rings. The Bertz CT molecular complexity index is 569. The standard InChI is InChI=1S/C16H19NOS/c18-15(8-7-13-5-1-2-10-17-13)14-6-3-4-12-9-11-19-16(12)14/h3-4,6,9,11,13,17H,1-2,5,7-8,10H2. The summed E-state index contributed by atoms with van der Waals surface area (Å²) in [6.45, 7) is 1.11. The zero-order valence-corrected chi connectivity index (χ0v) is 11.8. The van der Waals surface area contributed by atoms with E-state index < -0.39 is 0 Å². The number of nitrogens with one attached hydrogen (secondary N) is 1. The molecule has 2 nitrogen and oxygen atoms in total. The minimum atomic E-state index is 0.292. The largest absolute Gasteiger partial charge is 0.314 e. The summed E-state index contributed by atoms with van der Waals surface area (Å²) in [6, 6.07) is 8.65. The number of carbonyl (C=O) groups excluding carboxylic acids is 1. The lowest BCUT2D eigenvalue weighted by molar-refractivity contribution is 0.0976. The van der Waals surface area contributed by atoms with Crippen molar-refractivity contribution in [2.24, 2.45) is 0 Å². The normalized spacial score (nSPS) is 19.7. The van der Waals surface area contributed by atoms with Gasteiger partial charge in [0.2, 0.25) is 0 Å². The lowest BCUT2D eigenvalue weighted by Gasteiger charge is -2.23. The van der Waals surface area contributed by atoms with Gasteiger partial charge in [-0.05, 0) is 48.7 Å². The van der Waals surface area contributed by atoms with Crippen LogP contribution in [-0.4, -0.2) is 18.4 Å². The van der Waals surface area contributed by atoms with E-state index in [4.69, 9.17) is 0 Å². The maximum Gasteiger partial charge on any atom is 0.164 e. The molecular formula is C16H19NOS. The van der Waals surface area contributed by atoms with E-state index in [1.54, 1.807) is 11.3 Å². The first-order chi connectivity index (χ1) is 9.34. The topological polar surface area (TPSA) is 29.1 Å². The monoisotopic (exact) mass is 273 g/mol. The molecule has 3 rings (SSSR count). The van der Waals surface area contributed by atoms with Crippen LogP contribution >= 0.6 is 11.3 Å². The highest BCUT2D eigenvalue weighted by molar-refractivity contribution is 7.17. The number of ketones is 1. The number of rotatable bonds is 4. The van der Waals surface area contributed by atoms with Crippen LogP contribution in [0, 0.1) is 0 Å². The van der Waals surface area contributed by atoms with Crippen molar-refractivity contribution in [3.05, 3.63) is 35.2 Å². The third kappa shape index (κ3) is 2.88. The molecular weight excluding hydrogens is 254 g/mol. The van der Waals surface area contributed by atoms with Gasteiger partial charge >= 0.3 is 0 Å². The van der Waals surface area contributed by atoms with Crippen LogP contribution in [0.2, 0.25) is 0 Å². The molecule has 0 aliphatic carbocycles. The number of hydrogen-bond donors (Lipinski definition) is 1. The molecule has 0 amide bonds. The van der Waals surface area contributed by atoms with Crippen LogP contribution in [0.3, 0.4) is 0 Å². The van der Waals surface area contributed by atoms with E-state index in [9.17, 15) is 4.79 Å². The number of piperidine rings is 1. The van der Waals surface area contributed by atoms with Gasteiger partial charge in [-0.15, -0.1) is 11.3 Å². The molecule has 100 valence electrons. The van der Waals surface area contributed by atoms with Crippen molar-refractivity contribution < 1.29 is 4.79 Å². The minimum absolute atomic E-state index is 0.292. The molecule has 0 saturated carbocycles. The van der Waals surface area contributed by atoms with Gasteiger partial charge in [0.25, 0.3) is 0 Å². The number of benzene rings is 1. The number of hydrogen-bond acceptors (Lipinski definition) is 3. The van der Waals surface area contributed by atoms with Gasteiger partial charge in [-0.1, -0.05) is 18.6 Å². The molecule has 3 heteroatoms. The summed E-state index contributed by atoms with van der Waals surface area (Å²) in [5.74, 6) is 0.292. The van der Waals surface area contributed by atoms with Gasteiger partial charge in [-0.3, -0.25) is 4.79 Å². The van der Waals surface area contributed by atoms with Gasteiger partial charge in [-0.2, -0.15) is 0 Å². The maximum absolute atomic E-state index is 12.4. The van der Waals surface area contributed by atoms with Crippen molar-refractivity contribution in [3.63, 3.8) is 0 Å². The van der Waals surface area contributed by atoms with E-state index in [-0.39, 0.29) is 0 Å². The average Bonchev–Trinajstić information content (AvgIpc) is 2.94. The Morgan fingerprint density at radius 1 is 1.32 bits per heavy atom. The van der Waals surface area contributed by atoms with Gasteiger partial charge in [0.05, 0.1) is 0 Å².